The van der Waals surface area contributed by atoms with Crippen LogP contribution >= 0.6 is 0 Å². The summed E-state index contributed by atoms with van der Waals surface area (Å²) in [6.45, 7) is 4.25. The number of likely N-dealkylation sites (tertiary alicyclic amines) is 1. The summed E-state index contributed by atoms with van der Waals surface area (Å²) in [7, 11) is 0. The van der Waals surface area contributed by atoms with Crippen molar-refractivity contribution < 1.29 is 9.53 Å². The maximum atomic E-state index is 12.6. The van der Waals surface area contributed by atoms with Gasteiger partial charge in [0, 0.05) is 44.1 Å². The van der Waals surface area contributed by atoms with Gasteiger partial charge in [0.25, 0.3) is 5.56 Å². The molecule has 2 aliphatic heterocycles. The highest BCUT2D eigenvalue weighted by Crippen LogP contribution is 2.31. The predicted molar refractivity (Wildman–Crippen MR) is 93.8 cm³/mol. The van der Waals surface area contributed by atoms with Crippen LogP contribution < -0.4 is 10.5 Å². The Labute approximate surface area is 147 Å². The molecule has 7 nitrogen and oxygen atoms in total. The van der Waals surface area contributed by atoms with Crippen molar-refractivity contribution in [1.29, 1.82) is 0 Å². The third-order valence-corrected chi connectivity index (χ3v) is 5.68. The molecular formula is C18H26N4O3. The number of ether oxygens (including phenoxy) is 1. The molecule has 0 bridgehead atoms. The van der Waals surface area contributed by atoms with E-state index in [2.05, 4.69) is 9.88 Å². The van der Waals surface area contributed by atoms with Crippen LogP contribution in [0.3, 0.4) is 0 Å². The second kappa shape index (κ2) is 7.15. The van der Waals surface area contributed by atoms with Gasteiger partial charge in [0.05, 0.1) is 18.9 Å². The smallest absolute Gasteiger partial charge is 0.252 e. The van der Waals surface area contributed by atoms with Crippen LogP contribution in [-0.4, -0.2) is 60.2 Å². The van der Waals surface area contributed by atoms with E-state index in [0.717, 1.165) is 44.6 Å². The van der Waals surface area contributed by atoms with Gasteiger partial charge in [-0.1, -0.05) is 12.8 Å². The standard InChI is InChI=1S/C18H26N4O3/c23-16-11-15(19-18(20-16)21-7-9-25-10-8-21)14-5-6-22(12-14)17(24)13-3-1-2-4-13/h11,13-14H,1-10,12H2,(H,19,20,23)/t14-/m0/s1. The maximum absolute atomic E-state index is 12.6. The summed E-state index contributed by atoms with van der Waals surface area (Å²) >= 11 is 0. The molecule has 1 amide bonds. The molecule has 0 aromatic carbocycles. The largest absolute Gasteiger partial charge is 0.378 e. The van der Waals surface area contributed by atoms with Crippen LogP contribution in [0.4, 0.5) is 5.95 Å². The summed E-state index contributed by atoms with van der Waals surface area (Å²) in [6, 6.07) is 1.60. The van der Waals surface area contributed by atoms with E-state index in [1.165, 1.54) is 12.8 Å². The third-order valence-electron chi connectivity index (χ3n) is 5.68. The van der Waals surface area contributed by atoms with Gasteiger partial charge in [-0.05, 0) is 19.3 Å². The molecule has 7 heteroatoms. The quantitative estimate of drug-likeness (QED) is 0.887. The first-order valence-electron chi connectivity index (χ1n) is 9.43. The monoisotopic (exact) mass is 346 g/mol. The minimum absolute atomic E-state index is 0.118. The van der Waals surface area contributed by atoms with Gasteiger partial charge in [-0.3, -0.25) is 14.6 Å². The highest BCUT2D eigenvalue weighted by Gasteiger charge is 2.33. The van der Waals surface area contributed by atoms with E-state index < -0.39 is 0 Å². The molecule has 1 saturated carbocycles. The Hall–Kier alpha value is -1.89. The fourth-order valence-corrected chi connectivity index (χ4v) is 4.23. The zero-order valence-electron chi connectivity index (χ0n) is 14.6. The molecule has 3 fully saturated rings. The van der Waals surface area contributed by atoms with Crippen molar-refractivity contribution in [3.8, 4) is 0 Å². The van der Waals surface area contributed by atoms with Gasteiger partial charge in [0.2, 0.25) is 11.9 Å². The summed E-state index contributed by atoms with van der Waals surface area (Å²) in [5.41, 5.74) is 0.694. The lowest BCUT2D eigenvalue weighted by atomic mass is 10.0. The number of H-pyrrole nitrogens is 1. The van der Waals surface area contributed by atoms with E-state index in [0.29, 0.717) is 31.6 Å². The van der Waals surface area contributed by atoms with Crippen molar-refractivity contribution in [2.24, 2.45) is 5.92 Å². The van der Waals surface area contributed by atoms with Crippen molar-refractivity contribution in [2.45, 2.75) is 38.0 Å². The Morgan fingerprint density at radius 3 is 2.68 bits per heavy atom. The predicted octanol–water partition coefficient (Wildman–Crippen LogP) is 1.11. The second-order valence-corrected chi connectivity index (χ2v) is 7.34. The first-order chi connectivity index (χ1) is 12.2. The zero-order chi connectivity index (χ0) is 17.2. The zero-order valence-corrected chi connectivity index (χ0v) is 14.6. The van der Waals surface area contributed by atoms with Gasteiger partial charge < -0.3 is 14.5 Å². The Morgan fingerprint density at radius 2 is 1.92 bits per heavy atom. The number of hydrogen-bond acceptors (Lipinski definition) is 5. The minimum Gasteiger partial charge on any atom is -0.378 e. The first-order valence-corrected chi connectivity index (χ1v) is 9.43. The molecule has 136 valence electrons. The summed E-state index contributed by atoms with van der Waals surface area (Å²) in [4.78, 5) is 36.3. The first kappa shape index (κ1) is 16.6. The van der Waals surface area contributed by atoms with Gasteiger partial charge in [0.15, 0.2) is 0 Å². The summed E-state index contributed by atoms with van der Waals surface area (Å²) in [5.74, 6) is 1.31. The van der Waals surface area contributed by atoms with Crippen LogP contribution in [0.2, 0.25) is 0 Å². The van der Waals surface area contributed by atoms with Crippen molar-refractivity contribution in [1.82, 2.24) is 14.9 Å². The average molecular weight is 346 g/mol. The molecule has 1 atom stereocenters. The number of aromatic amines is 1. The van der Waals surface area contributed by atoms with E-state index in [-0.39, 0.29) is 17.4 Å². The highest BCUT2D eigenvalue weighted by molar-refractivity contribution is 5.79. The molecule has 2 saturated heterocycles. The molecule has 0 radical (unpaired) electrons. The number of rotatable bonds is 3. The molecule has 1 aromatic heterocycles. The molecule has 1 aromatic rings. The topological polar surface area (TPSA) is 78.5 Å². The summed E-state index contributed by atoms with van der Waals surface area (Å²) in [5, 5.41) is 0. The number of morpholine rings is 1. The number of carbonyl (C=O) groups is 1. The van der Waals surface area contributed by atoms with Crippen LogP contribution in [-0.2, 0) is 9.53 Å². The lowest BCUT2D eigenvalue weighted by Gasteiger charge is -2.27. The SMILES string of the molecule is O=C(C1CCCC1)N1CC[C@H](c2cc(=O)[nH]c(N3CCOCC3)n2)C1. The number of amides is 1. The Bertz CT molecular complexity index is 677. The highest BCUT2D eigenvalue weighted by atomic mass is 16.5. The molecule has 1 N–H and O–H groups in total. The van der Waals surface area contributed by atoms with Crippen LogP contribution in [0, 0.1) is 5.92 Å². The number of carbonyl (C=O) groups excluding carboxylic acids is 1. The van der Waals surface area contributed by atoms with Crippen molar-refractivity contribution >= 4 is 11.9 Å². The summed E-state index contributed by atoms with van der Waals surface area (Å²) in [6.07, 6.45) is 5.30. The number of anilines is 1. The van der Waals surface area contributed by atoms with Crippen LogP contribution in [0.15, 0.2) is 10.9 Å². The van der Waals surface area contributed by atoms with Gasteiger partial charge in [0.1, 0.15) is 0 Å². The average Bonchev–Trinajstić information content (AvgIpc) is 3.33. The number of nitrogens with zero attached hydrogens (tertiary/aromatic N) is 3. The number of aromatic nitrogens is 2. The second-order valence-electron chi connectivity index (χ2n) is 7.34. The van der Waals surface area contributed by atoms with Crippen molar-refractivity contribution in [2.75, 3.05) is 44.3 Å². The molecule has 1 aliphatic carbocycles. The summed E-state index contributed by atoms with van der Waals surface area (Å²) < 4.78 is 5.36. The maximum Gasteiger partial charge on any atom is 0.252 e. The molecular weight excluding hydrogens is 320 g/mol. The fraction of sp³-hybridized carbons (Fsp3) is 0.722. The van der Waals surface area contributed by atoms with E-state index in [9.17, 15) is 9.59 Å². The minimum atomic E-state index is -0.118. The number of nitrogens with one attached hydrogen (secondary N) is 1. The van der Waals surface area contributed by atoms with Gasteiger partial charge >= 0.3 is 0 Å². The van der Waals surface area contributed by atoms with Crippen molar-refractivity contribution in [3.63, 3.8) is 0 Å². The van der Waals surface area contributed by atoms with E-state index in [1.54, 1.807) is 6.07 Å². The van der Waals surface area contributed by atoms with Crippen LogP contribution in [0.25, 0.3) is 0 Å². The van der Waals surface area contributed by atoms with Crippen molar-refractivity contribution in [3.05, 3.63) is 22.1 Å². The van der Waals surface area contributed by atoms with Crippen LogP contribution in [0.1, 0.15) is 43.7 Å². The Kier molecular flexibility index (Phi) is 4.74. The molecule has 25 heavy (non-hydrogen) atoms. The van der Waals surface area contributed by atoms with E-state index in [4.69, 9.17) is 9.72 Å². The normalized spacial score (nSPS) is 24.9. The molecule has 3 heterocycles. The Morgan fingerprint density at radius 1 is 1.16 bits per heavy atom. The molecule has 3 aliphatic rings. The van der Waals surface area contributed by atoms with Gasteiger partial charge in [-0.2, -0.15) is 0 Å². The molecule has 4 rings (SSSR count). The fourth-order valence-electron chi connectivity index (χ4n) is 4.23. The van der Waals surface area contributed by atoms with E-state index in [1.807, 2.05) is 4.90 Å². The lowest BCUT2D eigenvalue weighted by molar-refractivity contribution is -0.134. The van der Waals surface area contributed by atoms with Crippen LogP contribution in [0.5, 0.6) is 0 Å². The Balaban J connectivity index is 1.47. The number of hydrogen-bond donors (Lipinski definition) is 1. The molecule has 0 spiro atoms. The molecule has 0 unspecified atom stereocenters. The van der Waals surface area contributed by atoms with E-state index >= 15 is 0 Å². The van der Waals surface area contributed by atoms with Gasteiger partial charge in [-0.25, -0.2) is 4.98 Å². The lowest BCUT2D eigenvalue weighted by Crippen LogP contribution is -2.38. The van der Waals surface area contributed by atoms with Gasteiger partial charge in [-0.15, -0.1) is 0 Å². The third kappa shape index (κ3) is 3.56.